The standard InChI is InChI=1S/C16H22N2O2S.C2H6/c1-3-20-14(19)8-7-12-5-4-6-13(11-12)16(2)9-10-21-15(17)18-16;1-2/h4-6,11H,3,7-10H2,1-2H3,(H2,17,18);1-2H3. The first-order valence-corrected chi connectivity index (χ1v) is 9.25. The average Bonchev–Trinajstić information content (AvgIpc) is 2.55. The second-order valence-electron chi connectivity index (χ2n) is 5.33. The van der Waals surface area contributed by atoms with Gasteiger partial charge in [-0.1, -0.05) is 49.9 Å². The molecule has 128 valence electrons. The fourth-order valence-electron chi connectivity index (χ4n) is 2.44. The Morgan fingerprint density at radius 3 is 2.83 bits per heavy atom. The number of benzene rings is 1. The number of aryl methyl sites for hydroxylation is 1. The van der Waals surface area contributed by atoms with Gasteiger partial charge in [-0.3, -0.25) is 9.79 Å². The molecule has 0 aromatic heterocycles. The molecular formula is C18H28N2O2S. The highest BCUT2D eigenvalue weighted by atomic mass is 32.2. The van der Waals surface area contributed by atoms with Crippen LogP contribution in [0.15, 0.2) is 29.3 Å². The van der Waals surface area contributed by atoms with Crippen LogP contribution in [0.1, 0.15) is 51.7 Å². The van der Waals surface area contributed by atoms with Gasteiger partial charge in [-0.05, 0) is 37.8 Å². The number of rotatable bonds is 5. The number of ether oxygens (including phenoxy) is 1. The van der Waals surface area contributed by atoms with Crippen LogP contribution < -0.4 is 5.73 Å². The van der Waals surface area contributed by atoms with Crippen molar-refractivity contribution in [3.8, 4) is 0 Å². The lowest BCUT2D eigenvalue weighted by Crippen LogP contribution is -2.28. The van der Waals surface area contributed by atoms with E-state index in [4.69, 9.17) is 10.5 Å². The van der Waals surface area contributed by atoms with E-state index in [9.17, 15) is 4.79 Å². The molecule has 4 nitrogen and oxygen atoms in total. The molecule has 1 unspecified atom stereocenters. The van der Waals surface area contributed by atoms with Gasteiger partial charge in [0, 0.05) is 12.2 Å². The molecule has 0 radical (unpaired) electrons. The Bertz CT molecular complexity index is 546. The molecule has 2 rings (SSSR count). The third kappa shape index (κ3) is 5.90. The number of hydrogen-bond donors (Lipinski definition) is 1. The Balaban J connectivity index is 0.00000127. The van der Waals surface area contributed by atoms with Gasteiger partial charge in [-0.2, -0.15) is 0 Å². The molecule has 5 heteroatoms. The first-order chi connectivity index (χ1) is 11.0. The number of hydrogen-bond acceptors (Lipinski definition) is 5. The Labute approximate surface area is 143 Å². The Morgan fingerprint density at radius 2 is 2.17 bits per heavy atom. The summed E-state index contributed by atoms with van der Waals surface area (Å²) in [4.78, 5) is 16.1. The van der Waals surface area contributed by atoms with Crippen molar-refractivity contribution in [3.63, 3.8) is 0 Å². The molecule has 1 aliphatic rings. The van der Waals surface area contributed by atoms with Gasteiger partial charge in [-0.25, -0.2) is 0 Å². The van der Waals surface area contributed by atoms with E-state index >= 15 is 0 Å². The van der Waals surface area contributed by atoms with Crippen LogP contribution in [-0.2, 0) is 21.5 Å². The molecule has 23 heavy (non-hydrogen) atoms. The molecule has 0 spiro atoms. The third-order valence-electron chi connectivity index (χ3n) is 3.67. The van der Waals surface area contributed by atoms with Gasteiger partial charge in [0.1, 0.15) is 0 Å². The van der Waals surface area contributed by atoms with Crippen LogP contribution in [0.2, 0.25) is 0 Å². The van der Waals surface area contributed by atoms with E-state index in [1.807, 2.05) is 32.9 Å². The maximum absolute atomic E-state index is 11.4. The maximum Gasteiger partial charge on any atom is 0.306 e. The summed E-state index contributed by atoms with van der Waals surface area (Å²) in [7, 11) is 0. The molecule has 0 bridgehead atoms. The Morgan fingerprint density at radius 1 is 1.43 bits per heavy atom. The van der Waals surface area contributed by atoms with Gasteiger partial charge >= 0.3 is 5.97 Å². The molecule has 0 fully saturated rings. The summed E-state index contributed by atoms with van der Waals surface area (Å²) in [5.41, 5.74) is 7.91. The highest BCUT2D eigenvalue weighted by Gasteiger charge is 2.29. The topological polar surface area (TPSA) is 64.7 Å². The van der Waals surface area contributed by atoms with Crippen molar-refractivity contribution in [2.75, 3.05) is 12.4 Å². The van der Waals surface area contributed by atoms with Crippen LogP contribution in [0.4, 0.5) is 0 Å². The average molecular weight is 337 g/mol. The smallest absolute Gasteiger partial charge is 0.306 e. The van der Waals surface area contributed by atoms with Crippen molar-refractivity contribution in [3.05, 3.63) is 35.4 Å². The van der Waals surface area contributed by atoms with E-state index in [1.54, 1.807) is 11.8 Å². The highest BCUT2D eigenvalue weighted by Crippen LogP contribution is 2.35. The number of carbonyl (C=O) groups excluding carboxylic acids is 1. The zero-order valence-corrected chi connectivity index (χ0v) is 15.4. The largest absolute Gasteiger partial charge is 0.466 e. The summed E-state index contributed by atoms with van der Waals surface area (Å²) in [6.07, 6.45) is 2.08. The normalized spacial score (nSPS) is 20.1. The zero-order valence-electron chi connectivity index (χ0n) is 14.6. The zero-order chi connectivity index (χ0) is 17.3. The lowest BCUT2D eigenvalue weighted by molar-refractivity contribution is -0.143. The van der Waals surface area contributed by atoms with Crippen molar-refractivity contribution >= 4 is 22.9 Å². The number of nitrogens with zero attached hydrogens (tertiary/aromatic N) is 1. The molecule has 1 aliphatic heterocycles. The predicted molar refractivity (Wildman–Crippen MR) is 98.8 cm³/mol. The van der Waals surface area contributed by atoms with Crippen LogP contribution >= 0.6 is 11.8 Å². The number of nitrogens with two attached hydrogens (primary N) is 1. The maximum atomic E-state index is 11.4. The predicted octanol–water partition coefficient (Wildman–Crippen LogP) is 3.88. The Kier molecular flexibility index (Phi) is 8.17. The van der Waals surface area contributed by atoms with E-state index in [0.29, 0.717) is 24.6 Å². The van der Waals surface area contributed by atoms with E-state index in [1.165, 1.54) is 0 Å². The molecule has 1 aromatic rings. The van der Waals surface area contributed by atoms with Crippen LogP contribution in [-0.4, -0.2) is 23.5 Å². The summed E-state index contributed by atoms with van der Waals surface area (Å²) in [5, 5.41) is 0.653. The second kappa shape index (κ2) is 9.60. The summed E-state index contributed by atoms with van der Waals surface area (Å²) in [5.74, 6) is 0.837. The fourth-order valence-corrected chi connectivity index (χ4v) is 3.41. The number of thioether (sulfide) groups is 1. The summed E-state index contributed by atoms with van der Waals surface area (Å²) >= 11 is 1.61. The minimum atomic E-state index is -0.255. The van der Waals surface area contributed by atoms with Crippen molar-refractivity contribution in [2.45, 2.75) is 52.5 Å². The molecule has 1 heterocycles. The van der Waals surface area contributed by atoms with E-state index < -0.39 is 0 Å². The van der Waals surface area contributed by atoms with Crippen LogP contribution in [0.3, 0.4) is 0 Å². The SMILES string of the molecule is CC.CCOC(=O)CCc1cccc(C2(C)CCSC(N)=N2)c1. The van der Waals surface area contributed by atoms with Gasteiger partial charge in [-0.15, -0.1) is 0 Å². The minimum absolute atomic E-state index is 0.148. The van der Waals surface area contributed by atoms with Crippen molar-refractivity contribution in [1.29, 1.82) is 0 Å². The van der Waals surface area contributed by atoms with E-state index in [-0.39, 0.29) is 11.5 Å². The highest BCUT2D eigenvalue weighted by molar-refractivity contribution is 8.13. The monoisotopic (exact) mass is 336 g/mol. The van der Waals surface area contributed by atoms with Crippen molar-refractivity contribution in [2.24, 2.45) is 10.7 Å². The van der Waals surface area contributed by atoms with E-state index in [0.717, 1.165) is 23.3 Å². The lowest BCUT2D eigenvalue weighted by Gasteiger charge is -2.30. The number of amidine groups is 1. The molecule has 0 amide bonds. The number of esters is 1. The van der Waals surface area contributed by atoms with E-state index in [2.05, 4.69) is 24.0 Å². The first-order valence-electron chi connectivity index (χ1n) is 8.26. The van der Waals surface area contributed by atoms with Crippen molar-refractivity contribution in [1.82, 2.24) is 0 Å². The van der Waals surface area contributed by atoms with Gasteiger partial charge in [0.25, 0.3) is 0 Å². The molecule has 0 saturated carbocycles. The first kappa shape index (κ1) is 19.6. The minimum Gasteiger partial charge on any atom is -0.466 e. The van der Waals surface area contributed by atoms with Gasteiger partial charge in [0.15, 0.2) is 5.17 Å². The van der Waals surface area contributed by atoms with Gasteiger partial charge in [0.2, 0.25) is 0 Å². The van der Waals surface area contributed by atoms with Crippen LogP contribution in [0.25, 0.3) is 0 Å². The molecule has 1 atom stereocenters. The summed E-state index contributed by atoms with van der Waals surface area (Å²) in [6, 6.07) is 8.28. The number of carbonyl (C=O) groups is 1. The molecule has 1 aromatic carbocycles. The Hall–Kier alpha value is -1.49. The quantitative estimate of drug-likeness (QED) is 0.829. The third-order valence-corrected chi connectivity index (χ3v) is 4.46. The van der Waals surface area contributed by atoms with Gasteiger partial charge in [0.05, 0.1) is 12.1 Å². The van der Waals surface area contributed by atoms with Gasteiger partial charge < -0.3 is 10.5 Å². The molecular weight excluding hydrogens is 308 g/mol. The molecule has 0 aliphatic carbocycles. The van der Waals surface area contributed by atoms with Crippen LogP contribution in [0.5, 0.6) is 0 Å². The van der Waals surface area contributed by atoms with Crippen LogP contribution in [0, 0.1) is 0 Å². The fraction of sp³-hybridized carbons (Fsp3) is 0.556. The second-order valence-corrected chi connectivity index (χ2v) is 6.44. The lowest BCUT2D eigenvalue weighted by atomic mass is 9.88. The molecule has 2 N–H and O–H groups in total. The summed E-state index contributed by atoms with van der Waals surface area (Å²) < 4.78 is 4.96. The summed E-state index contributed by atoms with van der Waals surface area (Å²) in [6.45, 7) is 8.37. The number of aliphatic imine (C=N–C) groups is 1. The molecule has 0 saturated heterocycles. The van der Waals surface area contributed by atoms with Crippen molar-refractivity contribution < 1.29 is 9.53 Å².